The molecule has 1 aliphatic rings. The van der Waals surface area contributed by atoms with Crippen molar-refractivity contribution in [3.63, 3.8) is 0 Å². The van der Waals surface area contributed by atoms with Crippen LogP contribution in [0.15, 0.2) is 10.3 Å². The molecule has 0 aliphatic carbocycles. The second kappa shape index (κ2) is 5.91. The largest absolute Gasteiger partial charge is 0.119 e. The van der Waals surface area contributed by atoms with Crippen LogP contribution in [0.4, 0.5) is 0 Å². The van der Waals surface area contributed by atoms with E-state index in [1.807, 2.05) is 23.5 Å². The van der Waals surface area contributed by atoms with E-state index in [-0.39, 0.29) is 8.73 Å². The van der Waals surface area contributed by atoms with E-state index in [2.05, 4.69) is 19.9 Å². The molecular formula is C7H11ClS4. The summed E-state index contributed by atoms with van der Waals surface area (Å²) in [5.74, 6) is 2.25. The van der Waals surface area contributed by atoms with Crippen LogP contribution in [0.1, 0.15) is 13.8 Å². The molecule has 1 heterocycles. The summed E-state index contributed by atoms with van der Waals surface area (Å²) >= 11 is 3.75. The fourth-order valence-corrected chi connectivity index (χ4v) is 8.09. The predicted octanol–water partition coefficient (Wildman–Crippen LogP) is 4.55. The Hall–Kier alpha value is 1.30. The molecule has 0 nitrogen and oxygen atoms in total. The van der Waals surface area contributed by atoms with E-state index in [1.165, 1.54) is 8.43 Å². The van der Waals surface area contributed by atoms with Crippen molar-refractivity contribution < 1.29 is 0 Å². The molecule has 0 aromatic heterocycles. The van der Waals surface area contributed by atoms with Gasteiger partial charge >= 0.3 is 0 Å². The first-order valence-corrected chi connectivity index (χ1v) is 9.06. The summed E-state index contributed by atoms with van der Waals surface area (Å²) in [6.07, 6.45) is 2.24. The molecule has 0 aromatic rings. The third kappa shape index (κ3) is 3.22. The summed E-state index contributed by atoms with van der Waals surface area (Å²) in [6, 6.07) is 0. The van der Waals surface area contributed by atoms with Gasteiger partial charge in [-0.3, -0.25) is 0 Å². The van der Waals surface area contributed by atoms with Gasteiger partial charge in [0.15, 0.2) is 0 Å². The first-order valence-electron chi connectivity index (χ1n) is 3.71. The Kier molecular flexibility index (Phi) is 5.60. The molecule has 1 atom stereocenters. The van der Waals surface area contributed by atoms with Gasteiger partial charge in [0.2, 0.25) is 0 Å². The van der Waals surface area contributed by atoms with Crippen LogP contribution >= 0.6 is 53.7 Å². The highest BCUT2D eigenvalue weighted by atomic mass is 35.7. The highest BCUT2D eigenvalue weighted by Gasteiger charge is 2.13. The molecule has 0 saturated heterocycles. The van der Waals surface area contributed by atoms with Gasteiger partial charge in [0.1, 0.15) is 0 Å². The van der Waals surface area contributed by atoms with E-state index in [9.17, 15) is 0 Å². The number of hydrogen-bond acceptors (Lipinski definition) is 3. The predicted molar refractivity (Wildman–Crippen MR) is 70.4 cm³/mol. The van der Waals surface area contributed by atoms with Crippen LogP contribution < -0.4 is 0 Å². The van der Waals surface area contributed by atoms with Crippen molar-refractivity contribution in [1.29, 1.82) is 0 Å². The Morgan fingerprint density at radius 1 is 1.42 bits per heavy atom. The van der Waals surface area contributed by atoms with Crippen molar-refractivity contribution in [2.45, 2.75) is 13.8 Å². The molecular weight excluding hydrogens is 248 g/mol. The van der Waals surface area contributed by atoms with Crippen LogP contribution in [0.25, 0.3) is 0 Å². The van der Waals surface area contributed by atoms with Gasteiger partial charge < -0.3 is 0 Å². The van der Waals surface area contributed by atoms with Crippen LogP contribution in [0, 0.1) is 0 Å². The fraction of sp³-hybridized carbons (Fsp3) is 0.571. The number of hydrogen-bond donors (Lipinski definition) is 0. The van der Waals surface area contributed by atoms with E-state index in [4.69, 9.17) is 10.7 Å². The maximum atomic E-state index is 6.15. The molecule has 0 fully saturated rings. The lowest BCUT2D eigenvalue weighted by Gasteiger charge is -1.95. The third-order valence-corrected chi connectivity index (χ3v) is 8.31. The van der Waals surface area contributed by atoms with E-state index in [0.29, 0.717) is 0 Å². The van der Waals surface area contributed by atoms with E-state index < -0.39 is 0 Å². The minimum atomic E-state index is -0.0870. The van der Waals surface area contributed by atoms with Gasteiger partial charge in [-0.25, -0.2) is 0 Å². The number of rotatable bonds is 3. The van der Waals surface area contributed by atoms with Gasteiger partial charge in [0.25, 0.3) is 0 Å². The van der Waals surface area contributed by atoms with Crippen LogP contribution in [-0.4, -0.2) is 15.7 Å². The minimum Gasteiger partial charge on any atom is -0.119 e. The quantitative estimate of drug-likeness (QED) is 0.539. The molecule has 1 rings (SSSR count). The van der Waals surface area contributed by atoms with Crippen molar-refractivity contribution in [2.24, 2.45) is 0 Å². The Labute approximate surface area is 93.1 Å². The first-order chi connectivity index (χ1) is 5.77. The lowest BCUT2D eigenvalue weighted by atomic mass is 10.7. The first kappa shape index (κ1) is 11.4. The van der Waals surface area contributed by atoms with Crippen molar-refractivity contribution in [3.8, 4) is 0 Å². The minimum absolute atomic E-state index is 0.0870. The molecule has 12 heavy (non-hydrogen) atoms. The molecule has 5 heteroatoms. The summed E-state index contributed by atoms with van der Waals surface area (Å²) in [6.45, 7) is 4.33. The Bertz CT molecular complexity index is 221. The molecule has 1 aliphatic heterocycles. The molecule has 1 unspecified atom stereocenters. The molecule has 0 bridgehead atoms. The Morgan fingerprint density at radius 2 is 2.08 bits per heavy atom. The van der Waals surface area contributed by atoms with Crippen LogP contribution in [0.5, 0.6) is 0 Å². The van der Waals surface area contributed by atoms with Gasteiger partial charge in [-0.05, 0) is 47.8 Å². The average Bonchev–Trinajstić information content (AvgIpc) is 2.34. The number of halogens is 1. The summed E-state index contributed by atoms with van der Waals surface area (Å²) in [4.78, 5) is 0. The summed E-state index contributed by atoms with van der Waals surface area (Å²) in [5.41, 5.74) is 0. The average molecular weight is 259 g/mol. The van der Waals surface area contributed by atoms with Gasteiger partial charge in [0.05, 0.1) is 8.43 Å². The van der Waals surface area contributed by atoms with Crippen LogP contribution in [0.2, 0.25) is 0 Å². The fourth-order valence-electron chi connectivity index (χ4n) is 0.718. The maximum absolute atomic E-state index is 6.15. The second-order valence-electron chi connectivity index (χ2n) is 1.96. The Morgan fingerprint density at radius 3 is 2.67 bits per heavy atom. The number of thioether (sulfide) groups is 2. The zero-order valence-corrected chi connectivity index (χ0v) is 11.0. The molecule has 0 spiro atoms. The summed E-state index contributed by atoms with van der Waals surface area (Å²) < 4.78 is 2.73. The topological polar surface area (TPSA) is 0 Å². The van der Waals surface area contributed by atoms with Crippen molar-refractivity contribution in [1.82, 2.24) is 0 Å². The molecule has 0 aromatic carbocycles. The molecule has 0 N–H and O–H groups in total. The maximum Gasteiger partial charge on any atom is 0.0574 e. The van der Waals surface area contributed by atoms with Gasteiger partial charge in [0, 0.05) is 0 Å². The van der Waals surface area contributed by atoms with Gasteiger partial charge in [-0.2, -0.15) is 0 Å². The summed E-state index contributed by atoms with van der Waals surface area (Å²) in [5, 5.41) is 0. The highest BCUT2D eigenvalue weighted by Crippen LogP contribution is 2.53. The smallest absolute Gasteiger partial charge is 0.0574 e. The monoisotopic (exact) mass is 258 g/mol. The lowest BCUT2D eigenvalue weighted by Crippen LogP contribution is -1.80. The normalized spacial score (nSPS) is 23.1. The Balaban J connectivity index is 2.53. The van der Waals surface area contributed by atoms with Crippen molar-refractivity contribution >= 4 is 57.9 Å². The standard InChI is InChI=1S/C7H11ClS4/c1-3-9-6-5-7(10-4-2)12(8)11-6/h5H,3-4H2,1-2H3. The van der Waals surface area contributed by atoms with Crippen molar-refractivity contribution in [3.05, 3.63) is 10.3 Å². The molecule has 0 radical (unpaired) electrons. The zero-order valence-electron chi connectivity index (χ0n) is 7.00. The second-order valence-corrected chi connectivity index (χ2v) is 9.55. The SMILES string of the molecule is CCSC1=CC(SCC)=S(Cl)S1. The molecule has 0 saturated carbocycles. The third-order valence-electron chi connectivity index (χ3n) is 1.12. The van der Waals surface area contributed by atoms with Crippen LogP contribution in [0.3, 0.4) is 0 Å². The zero-order chi connectivity index (χ0) is 8.97. The van der Waals surface area contributed by atoms with E-state index in [1.54, 1.807) is 10.8 Å². The van der Waals surface area contributed by atoms with Crippen molar-refractivity contribution in [2.75, 3.05) is 11.5 Å². The van der Waals surface area contributed by atoms with Crippen LogP contribution in [-0.2, 0) is 0 Å². The summed E-state index contributed by atoms with van der Waals surface area (Å²) in [7, 11) is 7.87. The van der Waals surface area contributed by atoms with E-state index >= 15 is 0 Å². The highest BCUT2D eigenvalue weighted by molar-refractivity contribution is 8.97. The molecule has 70 valence electrons. The van der Waals surface area contributed by atoms with Gasteiger partial charge in [-0.15, -0.1) is 23.5 Å². The lowest BCUT2D eigenvalue weighted by molar-refractivity contribution is 1.53. The van der Waals surface area contributed by atoms with Gasteiger partial charge in [-0.1, -0.05) is 13.8 Å². The molecule has 0 amide bonds. The van der Waals surface area contributed by atoms with E-state index in [0.717, 1.165) is 11.5 Å².